The van der Waals surface area contributed by atoms with Crippen molar-refractivity contribution in [2.75, 3.05) is 6.54 Å². The molecule has 0 saturated heterocycles. The third-order valence-electron chi connectivity index (χ3n) is 2.39. The second kappa shape index (κ2) is 6.87. The standard InChI is InChI=1S/C12H14N2O4S/c1-2-3-4-7-10-13-19(17,18)12-9-6-5-8-11(12)14(15)16/h1,5-6,8-9,13H,3-4,7,10H2. The van der Waals surface area contributed by atoms with Crippen LogP contribution in [0, 0.1) is 22.5 Å². The van der Waals surface area contributed by atoms with E-state index in [4.69, 9.17) is 6.42 Å². The third kappa shape index (κ3) is 4.35. The first-order valence-electron chi connectivity index (χ1n) is 5.65. The summed E-state index contributed by atoms with van der Waals surface area (Å²) in [4.78, 5) is 9.74. The molecule has 6 nitrogen and oxygen atoms in total. The van der Waals surface area contributed by atoms with Crippen LogP contribution in [0.15, 0.2) is 29.2 Å². The molecule has 0 amide bonds. The van der Waals surface area contributed by atoms with Gasteiger partial charge in [-0.05, 0) is 18.9 Å². The lowest BCUT2D eigenvalue weighted by Crippen LogP contribution is -2.25. The molecule has 0 bridgehead atoms. The van der Waals surface area contributed by atoms with E-state index in [0.717, 1.165) is 6.07 Å². The molecule has 0 aromatic heterocycles. The molecular formula is C12H14N2O4S. The van der Waals surface area contributed by atoms with Gasteiger partial charge in [0, 0.05) is 19.0 Å². The number of nitrogens with zero attached hydrogens (tertiary/aromatic N) is 1. The van der Waals surface area contributed by atoms with Crippen molar-refractivity contribution in [3.05, 3.63) is 34.4 Å². The van der Waals surface area contributed by atoms with Crippen LogP contribution in [0.1, 0.15) is 19.3 Å². The van der Waals surface area contributed by atoms with Crippen molar-refractivity contribution >= 4 is 15.7 Å². The maximum absolute atomic E-state index is 11.9. The van der Waals surface area contributed by atoms with Gasteiger partial charge in [-0.1, -0.05) is 12.1 Å². The Morgan fingerprint density at radius 3 is 2.63 bits per heavy atom. The lowest BCUT2D eigenvalue weighted by atomic mass is 10.2. The number of terminal acetylenes is 1. The molecule has 0 aliphatic carbocycles. The Morgan fingerprint density at radius 2 is 2.00 bits per heavy atom. The molecule has 102 valence electrons. The Hall–Kier alpha value is -1.91. The number of hydrogen-bond donors (Lipinski definition) is 1. The molecule has 0 atom stereocenters. The largest absolute Gasteiger partial charge is 0.289 e. The SMILES string of the molecule is C#CCCCCNS(=O)(=O)c1ccccc1[N+](=O)[O-]. The highest BCUT2D eigenvalue weighted by Gasteiger charge is 2.24. The highest BCUT2D eigenvalue weighted by molar-refractivity contribution is 7.89. The van der Waals surface area contributed by atoms with Gasteiger partial charge in [-0.25, -0.2) is 13.1 Å². The van der Waals surface area contributed by atoms with Crippen LogP contribution in [0.5, 0.6) is 0 Å². The van der Waals surface area contributed by atoms with Gasteiger partial charge >= 0.3 is 0 Å². The van der Waals surface area contributed by atoms with Crippen LogP contribution in [0.2, 0.25) is 0 Å². The molecule has 0 radical (unpaired) electrons. The van der Waals surface area contributed by atoms with Gasteiger partial charge in [-0.2, -0.15) is 0 Å². The van der Waals surface area contributed by atoms with Crippen LogP contribution in [-0.2, 0) is 10.0 Å². The molecule has 0 spiro atoms. The Kier molecular flexibility index (Phi) is 5.48. The summed E-state index contributed by atoms with van der Waals surface area (Å²) in [5.41, 5.74) is -0.432. The van der Waals surface area contributed by atoms with Gasteiger partial charge in [0.05, 0.1) is 4.92 Å². The Morgan fingerprint density at radius 1 is 1.32 bits per heavy atom. The van der Waals surface area contributed by atoms with Crippen LogP contribution in [0.3, 0.4) is 0 Å². The molecule has 0 heterocycles. The molecule has 0 aliphatic heterocycles. The van der Waals surface area contributed by atoms with E-state index < -0.39 is 20.6 Å². The highest BCUT2D eigenvalue weighted by atomic mass is 32.2. The highest BCUT2D eigenvalue weighted by Crippen LogP contribution is 2.22. The molecule has 0 unspecified atom stereocenters. The van der Waals surface area contributed by atoms with Crippen LogP contribution >= 0.6 is 0 Å². The normalized spacial score (nSPS) is 10.9. The quantitative estimate of drug-likeness (QED) is 0.356. The lowest BCUT2D eigenvalue weighted by Gasteiger charge is -2.06. The fourth-order valence-corrected chi connectivity index (χ4v) is 2.72. The number of hydrogen-bond acceptors (Lipinski definition) is 4. The number of rotatable bonds is 7. The van der Waals surface area contributed by atoms with Gasteiger partial charge < -0.3 is 0 Å². The first-order valence-corrected chi connectivity index (χ1v) is 7.14. The number of unbranched alkanes of at least 4 members (excludes halogenated alkanes) is 2. The van der Waals surface area contributed by atoms with E-state index in [0.29, 0.717) is 19.3 Å². The summed E-state index contributed by atoms with van der Waals surface area (Å²) in [5, 5.41) is 10.8. The van der Waals surface area contributed by atoms with E-state index in [1.807, 2.05) is 0 Å². The Balaban J connectivity index is 2.78. The summed E-state index contributed by atoms with van der Waals surface area (Å²) < 4.78 is 26.2. The van der Waals surface area contributed by atoms with E-state index in [-0.39, 0.29) is 11.4 Å². The summed E-state index contributed by atoms with van der Waals surface area (Å²) in [6.07, 6.45) is 6.95. The molecule has 19 heavy (non-hydrogen) atoms. The smallest absolute Gasteiger partial charge is 0.258 e. The van der Waals surface area contributed by atoms with E-state index in [2.05, 4.69) is 10.6 Å². The van der Waals surface area contributed by atoms with Crippen molar-refractivity contribution in [1.82, 2.24) is 4.72 Å². The third-order valence-corrected chi connectivity index (χ3v) is 3.90. The van der Waals surface area contributed by atoms with Gasteiger partial charge in [-0.3, -0.25) is 10.1 Å². The molecule has 0 aliphatic rings. The minimum Gasteiger partial charge on any atom is -0.258 e. The van der Waals surface area contributed by atoms with Crippen molar-refractivity contribution in [1.29, 1.82) is 0 Å². The van der Waals surface area contributed by atoms with Gasteiger partial charge in [0.15, 0.2) is 4.90 Å². The molecule has 1 aromatic rings. The van der Waals surface area contributed by atoms with E-state index in [9.17, 15) is 18.5 Å². The minimum absolute atomic E-state index is 0.204. The zero-order valence-electron chi connectivity index (χ0n) is 10.2. The monoisotopic (exact) mass is 282 g/mol. The van der Waals surface area contributed by atoms with E-state index >= 15 is 0 Å². The summed E-state index contributed by atoms with van der Waals surface area (Å²) >= 11 is 0. The van der Waals surface area contributed by atoms with Crippen molar-refractivity contribution < 1.29 is 13.3 Å². The Labute approximate surface area is 112 Å². The maximum Gasteiger partial charge on any atom is 0.289 e. The summed E-state index contributed by atoms with van der Waals surface area (Å²) in [6.45, 7) is 0.204. The number of benzene rings is 1. The molecule has 1 aromatic carbocycles. The first kappa shape index (κ1) is 15.1. The minimum atomic E-state index is -3.87. The van der Waals surface area contributed by atoms with Gasteiger partial charge in [0.25, 0.3) is 5.69 Å². The molecule has 7 heteroatoms. The zero-order chi connectivity index (χ0) is 14.3. The van der Waals surface area contributed by atoms with Crippen molar-refractivity contribution in [3.63, 3.8) is 0 Å². The number of sulfonamides is 1. The molecular weight excluding hydrogens is 268 g/mol. The number of nitro benzene ring substituents is 1. The van der Waals surface area contributed by atoms with Crippen LogP contribution in [0.4, 0.5) is 5.69 Å². The summed E-state index contributed by atoms with van der Waals surface area (Å²) in [7, 11) is -3.87. The van der Waals surface area contributed by atoms with Crippen molar-refractivity contribution in [2.24, 2.45) is 0 Å². The zero-order valence-corrected chi connectivity index (χ0v) is 11.0. The van der Waals surface area contributed by atoms with Gasteiger partial charge in [0.1, 0.15) is 0 Å². The summed E-state index contributed by atoms with van der Waals surface area (Å²) in [6, 6.07) is 5.23. The average molecular weight is 282 g/mol. The van der Waals surface area contributed by atoms with Crippen LogP contribution in [-0.4, -0.2) is 19.9 Å². The van der Waals surface area contributed by atoms with Crippen molar-refractivity contribution in [2.45, 2.75) is 24.2 Å². The van der Waals surface area contributed by atoms with Gasteiger partial charge in [-0.15, -0.1) is 12.3 Å². The molecule has 0 saturated carbocycles. The fourth-order valence-electron chi connectivity index (χ4n) is 1.47. The average Bonchev–Trinajstić information content (AvgIpc) is 2.38. The fraction of sp³-hybridized carbons (Fsp3) is 0.333. The number of para-hydroxylation sites is 1. The molecule has 1 N–H and O–H groups in total. The second-order valence-electron chi connectivity index (χ2n) is 3.78. The van der Waals surface area contributed by atoms with Crippen LogP contribution < -0.4 is 4.72 Å². The molecule has 0 fully saturated rings. The van der Waals surface area contributed by atoms with E-state index in [1.165, 1.54) is 18.2 Å². The maximum atomic E-state index is 11.9. The predicted octanol–water partition coefficient (Wildman–Crippen LogP) is 1.68. The number of nitrogens with one attached hydrogen (secondary N) is 1. The molecule has 1 rings (SSSR count). The van der Waals surface area contributed by atoms with Crippen LogP contribution in [0.25, 0.3) is 0 Å². The predicted molar refractivity (Wildman–Crippen MR) is 71.0 cm³/mol. The lowest BCUT2D eigenvalue weighted by molar-refractivity contribution is -0.387. The topological polar surface area (TPSA) is 89.3 Å². The van der Waals surface area contributed by atoms with Gasteiger partial charge in [0.2, 0.25) is 10.0 Å². The second-order valence-corrected chi connectivity index (χ2v) is 5.52. The Bertz CT molecular complexity index is 590. The van der Waals surface area contributed by atoms with Crippen molar-refractivity contribution in [3.8, 4) is 12.3 Å². The summed E-state index contributed by atoms with van der Waals surface area (Å²) in [5.74, 6) is 2.45. The van der Waals surface area contributed by atoms with E-state index in [1.54, 1.807) is 0 Å². The first-order chi connectivity index (χ1) is 8.99. The number of nitro groups is 1.